The van der Waals surface area contributed by atoms with E-state index in [9.17, 15) is 0 Å². The number of rotatable bonds is 2. The Morgan fingerprint density at radius 3 is 2.33 bits per heavy atom. The summed E-state index contributed by atoms with van der Waals surface area (Å²) in [5.41, 5.74) is 0.895. The monoisotopic (exact) mass is 282 g/mol. The Morgan fingerprint density at radius 2 is 1.78 bits per heavy atom. The molecule has 0 atom stereocenters. The number of nitrogens with one attached hydrogen (secondary N) is 1. The Hall–Kier alpha value is -1.13. The van der Waals surface area contributed by atoms with Gasteiger partial charge in [0.2, 0.25) is 0 Å². The second-order valence-electron chi connectivity index (χ2n) is 4.46. The highest BCUT2D eigenvalue weighted by molar-refractivity contribution is 6.34. The minimum atomic E-state index is 0.399. The van der Waals surface area contributed by atoms with Gasteiger partial charge in [0.25, 0.3) is 0 Å². The van der Waals surface area contributed by atoms with Crippen molar-refractivity contribution in [3.05, 3.63) is 28.3 Å². The highest BCUT2D eigenvalue weighted by Gasteiger charge is 2.24. The molecule has 0 spiro atoms. The molecule has 1 saturated carbocycles. The van der Waals surface area contributed by atoms with Gasteiger partial charge in [-0.05, 0) is 18.8 Å². The van der Waals surface area contributed by atoms with Gasteiger partial charge in [-0.1, -0.05) is 36.0 Å². The Balaban J connectivity index is 2.03. The van der Waals surface area contributed by atoms with Crippen LogP contribution in [0.4, 0.5) is 0 Å². The lowest BCUT2D eigenvalue weighted by Gasteiger charge is -2.13. The van der Waals surface area contributed by atoms with Crippen molar-refractivity contribution >= 4 is 23.2 Å². The van der Waals surface area contributed by atoms with E-state index in [1.165, 1.54) is 12.8 Å². The third-order valence-electron chi connectivity index (χ3n) is 3.33. The normalized spacial score (nSPS) is 16.3. The summed E-state index contributed by atoms with van der Waals surface area (Å²) >= 11 is 12.5. The van der Waals surface area contributed by atoms with E-state index in [1.807, 2.05) is 0 Å². The van der Waals surface area contributed by atoms with Gasteiger partial charge in [0.15, 0.2) is 11.6 Å². The summed E-state index contributed by atoms with van der Waals surface area (Å²) in [6.07, 6.45) is 8.02. The van der Waals surface area contributed by atoms with Crippen molar-refractivity contribution in [1.82, 2.24) is 19.9 Å². The molecule has 1 N–H and O–H groups in total. The van der Waals surface area contributed by atoms with E-state index in [0.717, 1.165) is 18.4 Å². The van der Waals surface area contributed by atoms with Crippen LogP contribution in [0.2, 0.25) is 10.3 Å². The number of nitrogens with zero attached hydrogens (tertiary/aromatic N) is 3. The number of hydrogen-bond acceptors (Lipinski definition) is 3. The van der Waals surface area contributed by atoms with Gasteiger partial charge < -0.3 is 4.98 Å². The quantitative estimate of drug-likeness (QED) is 0.852. The Kier molecular flexibility index (Phi) is 3.22. The van der Waals surface area contributed by atoms with Crippen molar-refractivity contribution < 1.29 is 0 Å². The summed E-state index contributed by atoms with van der Waals surface area (Å²) in [5, 5.41) is 0.904. The highest BCUT2D eigenvalue weighted by atomic mass is 35.5. The molecule has 2 aromatic heterocycles. The SMILES string of the molecule is Clc1nc(-c2ncc[nH]2)nc(Cl)c1C1CCCC1. The lowest BCUT2D eigenvalue weighted by Crippen LogP contribution is -2.02. The minimum absolute atomic E-state index is 0.399. The molecular formula is C12H12Cl2N4. The maximum atomic E-state index is 6.25. The molecule has 18 heavy (non-hydrogen) atoms. The van der Waals surface area contributed by atoms with Crippen LogP contribution >= 0.6 is 23.2 Å². The van der Waals surface area contributed by atoms with E-state index in [2.05, 4.69) is 19.9 Å². The van der Waals surface area contributed by atoms with Crippen LogP contribution in [0.25, 0.3) is 11.6 Å². The fourth-order valence-electron chi connectivity index (χ4n) is 2.46. The van der Waals surface area contributed by atoms with Crippen molar-refractivity contribution in [2.24, 2.45) is 0 Å². The first-order valence-corrected chi connectivity index (χ1v) is 6.74. The van der Waals surface area contributed by atoms with Gasteiger partial charge in [-0.2, -0.15) is 0 Å². The molecule has 1 aliphatic carbocycles. The number of aromatic nitrogens is 4. The molecule has 1 aliphatic rings. The fourth-order valence-corrected chi connectivity index (χ4v) is 3.16. The molecular weight excluding hydrogens is 271 g/mol. The summed E-state index contributed by atoms with van der Waals surface area (Å²) in [5.74, 6) is 1.42. The summed E-state index contributed by atoms with van der Waals surface area (Å²) in [6.45, 7) is 0. The van der Waals surface area contributed by atoms with Crippen LogP contribution in [-0.4, -0.2) is 19.9 Å². The fraction of sp³-hybridized carbons (Fsp3) is 0.417. The highest BCUT2D eigenvalue weighted by Crippen LogP contribution is 2.40. The third kappa shape index (κ3) is 2.10. The van der Waals surface area contributed by atoms with Crippen molar-refractivity contribution in [3.63, 3.8) is 0 Å². The average Bonchev–Trinajstić information content (AvgIpc) is 3.01. The zero-order chi connectivity index (χ0) is 12.5. The molecule has 0 amide bonds. The molecule has 0 bridgehead atoms. The first-order chi connectivity index (χ1) is 8.75. The van der Waals surface area contributed by atoms with Crippen LogP contribution in [0.3, 0.4) is 0 Å². The van der Waals surface area contributed by atoms with Gasteiger partial charge in [0, 0.05) is 18.0 Å². The van der Waals surface area contributed by atoms with Crippen LogP contribution in [0.5, 0.6) is 0 Å². The maximum Gasteiger partial charge on any atom is 0.198 e. The Bertz CT molecular complexity index is 524. The molecule has 1 fully saturated rings. The second-order valence-corrected chi connectivity index (χ2v) is 5.18. The first-order valence-electron chi connectivity index (χ1n) is 5.98. The maximum absolute atomic E-state index is 6.25. The number of hydrogen-bond donors (Lipinski definition) is 1. The topological polar surface area (TPSA) is 54.5 Å². The van der Waals surface area contributed by atoms with E-state index in [1.54, 1.807) is 12.4 Å². The zero-order valence-electron chi connectivity index (χ0n) is 9.66. The predicted octanol–water partition coefficient (Wildman–Crippen LogP) is 3.83. The van der Waals surface area contributed by atoms with E-state index < -0.39 is 0 Å². The van der Waals surface area contributed by atoms with Crippen LogP contribution in [0.15, 0.2) is 12.4 Å². The van der Waals surface area contributed by atoms with Crippen LogP contribution < -0.4 is 0 Å². The number of H-pyrrole nitrogens is 1. The summed E-state index contributed by atoms with van der Waals surface area (Å²) in [4.78, 5) is 15.6. The van der Waals surface area contributed by atoms with E-state index in [0.29, 0.717) is 27.9 Å². The number of halogens is 2. The molecule has 0 aliphatic heterocycles. The van der Waals surface area contributed by atoms with Gasteiger partial charge in [0.05, 0.1) is 0 Å². The number of imidazole rings is 1. The standard InChI is InChI=1S/C12H12Cl2N4/c13-9-8(7-3-1-2-4-7)10(14)18-12(17-9)11-15-5-6-16-11/h5-7H,1-4H2,(H,15,16). The first kappa shape index (κ1) is 11.9. The minimum Gasteiger partial charge on any atom is -0.342 e. The summed E-state index contributed by atoms with van der Waals surface area (Å²) < 4.78 is 0. The molecule has 3 rings (SSSR count). The molecule has 94 valence electrons. The van der Waals surface area contributed by atoms with Crippen LogP contribution in [-0.2, 0) is 0 Å². The molecule has 6 heteroatoms. The van der Waals surface area contributed by atoms with Crippen molar-refractivity contribution in [1.29, 1.82) is 0 Å². The number of aromatic amines is 1. The lowest BCUT2D eigenvalue weighted by molar-refractivity contribution is 0.715. The molecule has 0 aromatic carbocycles. The Labute approximate surface area is 115 Å². The molecule has 0 unspecified atom stereocenters. The molecule has 2 aromatic rings. The largest absolute Gasteiger partial charge is 0.342 e. The molecule has 0 radical (unpaired) electrons. The predicted molar refractivity (Wildman–Crippen MR) is 70.8 cm³/mol. The van der Waals surface area contributed by atoms with Gasteiger partial charge in [-0.3, -0.25) is 0 Å². The molecule has 2 heterocycles. The van der Waals surface area contributed by atoms with E-state index in [4.69, 9.17) is 23.2 Å². The van der Waals surface area contributed by atoms with Crippen LogP contribution in [0, 0.1) is 0 Å². The molecule has 0 saturated heterocycles. The van der Waals surface area contributed by atoms with E-state index in [-0.39, 0.29) is 0 Å². The molecule has 4 nitrogen and oxygen atoms in total. The zero-order valence-corrected chi connectivity index (χ0v) is 11.2. The third-order valence-corrected chi connectivity index (χ3v) is 3.90. The van der Waals surface area contributed by atoms with Gasteiger partial charge in [-0.15, -0.1) is 0 Å². The van der Waals surface area contributed by atoms with Crippen molar-refractivity contribution in [2.75, 3.05) is 0 Å². The van der Waals surface area contributed by atoms with Gasteiger partial charge in [0.1, 0.15) is 10.3 Å². The van der Waals surface area contributed by atoms with Crippen LogP contribution in [0.1, 0.15) is 37.2 Å². The summed E-state index contributed by atoms with van der Waals surface area (Å²) in [7, 11) is 0. The Morgan fingerprint density at radius 1 is 1.11 bits per heavy atom. The second kappa shape index (κ2) is 4.86. The smallest absolute Gasteiger partial charge is 0.198 e. The van der Waals surface area contributed by atoms with Crippen molar-refractivity contribution in [3.8, 4) is 11.6 Å². The lowest BCUT2D eigenvalue weighted by atomic mass is 10.0. The summed E-state index contributed by atoms with van der Waals surface area (Å²) in [6, 6.07) is 0. The van der Waals surface area contributed by atoms with Gasteiger partial charge in [-0.25, -0.2) is 15.0 Å². The van der Waals surface area contributed by atoms with Gasteiger partial charge >= 0.3 is 0 Å². The van der Waals surface area contributed by atoms with Crippen molar-refractivity contribution in [2.45, 2.75) is 31.6 Å². The average molecular weight is 283 g/mol. The van der Waals surface area contributed by atoms with E-state index >= 15 is 0 Å².